The first-order chi connectivity index (χ1) is 14.0. The molecule has 1 aromatic carbocycles. The summed E-state index contributed by atoms with van der Waals surface area (Å²) in [5, 5.41) is 4.40. The number of fused-ring (bicyclic) bond motifs is 1. The quantitative estimate of drug-likeness (QED) is 0.474. The third-order valence-corrected chi connectivity index (χ3v) is 4.82. The zero-order valence-corrected chi connectivity index (χ0v) is 16.4. The highest BCUT2D eigenvalue weighted by molar-refractivity contribution is 6.33. The van der Waals surface area contributed by atoms with Crippen molar-refractivity contribution in [2.75, 3.05) is 0 Å². The highest BCUT2D eigenvalue weighted by Gasteiger charge is 2.24. The summed E-state index contributed by atoms with van der Waals surface area (Å²) in [6, 6.07) is 12.0. The molecule has 0 saturated carbocycles. The molecule has 0 atom stereocenters. The van der Waals surface area contributed by atoms with Gasteiger partial charge in [-0.3, -0.25) is 9.20 Å². The number of pyridine rings is 1. The van der Waals surface area contributed by atoms with E-state index in [-0.39, 0.29) is 17.7 Å². The molecular weight excluding hydrogens is 394 g/mol. The van der Waals surface area contributed by atoms with E-state index in [2.05, 4.69) is 10.1 Å². The topological polar surface area (TPSA) is 86.7 Å². The predicted octanol–water partition coefficient (Wildman–Crippen LogP) is 3.98. The van der Waals surface area contributed by atoms with Gasteiger partial charge in [0, 0.05) is 17.8 Å². The molecule has 0 unspecified atom stereocenters. The molecule has 0 aliphatic rings. The lowest BCUT2D eigenvalue weighted by Crippen LogP contribution is -2.17. The molecule has 0 aliphatic heterocycles. The van der Waals surface area contributed by atoms with E-state index in [9.17, 15) is 9.59 Å². The molecule has 0 bridgehead atoms. The number of aromatic nitrogens is 3. The Morgan fingerprint density at radius 3 is 2.79 bits per heavy atom. The summed E-state index contributed by atoms with van der Waals surface area (Å²) in [5.41, 5.74) is 2.52. The fourth-order valence-electron chi connectivity index (χ4n) is 3.04. The van der Waals surface area contributed by atoms with Crippen LogP contribution in [0.2, 0.25) is 5.02 Å². The Labute approximate surface area is 170 Å². The minimum absolute atomic E-state index is 0.161. The molecule has 0 radical (unpaired) electrons. The van der Waals surface area contributed by atoms with Crippen molar-refractivity contribution in [1.29, 1.82) is 0 Å². The second kappa shape index (κ2) is 7.52. The smallest absolute Gasteiger partial charge is 0.344 e. The van der Waals surface area contributed by atoms with Crippen molar-refractivity contribution < 1.29 is 14.1 Å². The van der Waals surface area contributed by atoms with Crippen LogP contribution in [0.3, 0.4) is 0 Å². The zero-order chi connectivity index (χ0) is 20.5. The number of carbonyl (C=O) groups excluding carboxylic acids is 1. The van der Waals surface area contributed by atoms with Crippen LogP contribution in [0.1, 0.15) is 27.4 Å². The number of halogens is 1. The molecule has 0 saturated heterocycles. The van der Waals surface area contributed by atoms with Crippen molar-refractivity contribution in [2.45, 2.75) is 20.5 Å². The summed E-state index contributed by atoms with van der Waals surface area (Å²) < 4.78 is 12.0. The molecule has 0 fully saturated rings. The summed E-state index contributed by atoms with van der Waals surface area (Å²) in [7, 11) is 0. The summed E-state index contributed by atoms with van der Waals surface area (Å²) in [4.78, 5) is 29.5. The van der Waals surface area contributed by atoms with Gasteiger partial charge in [0.15, 0.2) is 0 Å². The molecule has 0 N–H and O–H groups in total. The fourth-order valence-corrected chi connectivity index (χ4v) is 3.27. The largest absolute Gasteiger partial charge is 0.455 e. The normalized spacial score (nSPS) is 11.0. The maximum Gasteiger partial charge on any atom is 0.344 e. The van der Waals surface area contributed by atoms with Gasteiger partial charge < -0.3 is 9.26 Å². The summed E-state index contributed by atoms with van der Waals surface area (Å²) in [6.45, 7) is 3.31. The minimum atomic E-state index is -0.634. The highest BCUT2D eigenvalue weighted by atomic mass is 35.5. The Kier molecular flexibility index (Phi) is 4.90. The minimum Gasteiger partial charge on any atom is -0.455 e. The Balaban J connectivity index is 1.63. The molecule has 4 rings (SSSR count). The van der Waals surface area contributed by atoms with Crippen LogP contribution in [-0.2, 0) is 11.3 Å². The number of ether oxygens (including phenoxy) is 1. The Hall–Kier alpha value is -3.45. The van der Waals surface area contributed by atoms with Crippen LogP contribution in [0.15, 0.2) is 58.0 Å². The van der Waals surface area contributed by atoms with E-state index < -0.39 is 5.97 Å². The summed E-state index contributed by atoms with van der Waals surface area (Å²) in [6.07, 6.45) is 1.64. The monoisotopic (exact) mass is 409 g/mol. The first-order valence-electron chi connectivity index (χ1n) is 8.82. The van der Waals surface area contributed by atoms with Gasteiger partial charge in [0.05, 0.1) is 10.7 Å². The SMILES string of the molecule is Cc1onc(-c2ccccc2Cl)c1C(=O)OCc1cc(=O)n2cccc(C)c2n1. The van der Waals surface area contributed by atoms with Gasteiger partial charge in [0.25, 0.3) is 5.56 Å². The molecule has 0 amide bonds. The van der Waals surface area contributed by atoms with Crippen molar-refractivity contribution in [3.63, 3.8) is 0 Å². The molecule has 29 heavy (non-hydrogen) atoms. The van der Waals surface area contributed by atoms with Gasteiger partial charge in [-0.05, 0) is 31.5 Å². The number of esters is 1. The lowest BCUT2D eigenvalue weighted by molar-refractivity contribution is 0.0466. The van der Waals surface area contributed by atoms with Crippen LogP contribution in [0.25, 0.3) is 16.9 Å². The number of hydrogen-bond acceptors (Lipinski definition) is 6. The highest BCUT2D eigenvalue weighted by Crippen LogP contribution is 2.31. The van der Waals surface area contributed by atoms with E-state index in [1.54, 1.807) is 43.5 Å². The zero-order valence-electron chi connectivity index (χ0n) is 15.7. The van der Waals surface area contributed by atoms with Gasteiger partial charge in [-0.15, -0.1) is 0 Å². The molecule has 3 aromatic heterocycles. The third kappa shape index (κ3) is 3.52. The lowest BCUT2D eigenvalue weighted by atomic mass is 10.1. The molecule has 8 heteroatoms. The predicted molar refractivity (Wildman–Crippen MR) is 107 cm³/mol. The maximum atomic E-state index is 12.7. The van der Waals surface area contributed by atoms with Crippen molar-refractivity contribution >= 4 is 23.2 Å². The van der Waals surface area contributed by atoms with Crippen LogP contribution in [0.4, 0.5) is 0 Å². The van der Waals surface area contributed by atoms with Gasteiger partial charge in [0.1, 0.15) is 29.3 Å². The van der Waals surface area contributed by atoms with Crippen molar-refractivity contribution in [2.24, 2.45) is 0 Å². The number of hydrogen-bond donors (Lipinski definition) is 0. The van der Waals surface area contributed by atoms with Gasteiger partial charge in [-0.1, -0.05) is 41.0 Å². The first kappa shape index (κ1) is 18.9. The number of nitrogens with zero attached hydrogens (tertiary/aromatic N) is 3. The molecule has 4 aromatic rings. The fraction of sp³-hybridized carbons (Fsp3) is 0.143. The average Bonchev–Trinajstić information content (AvgIpc) is 3.08. The van der Waals surface area contributed by atoms with Gasteiger partial charge in [-0.25, -0.2) is 9.78 Å². The van der Waals surface area contributed by atoms with Crippen molar-refractivity contribution in [3.05, 3.63) is 86.6 Å². The Morgan fingerprint density at radius 1 is 1.21 bits per heavy atom. The van der Waals surface area contributed by atoms with Crippen LogP contribution in [-0.4, -0.2) is 20.5 Å². The van der Waals surface area contributed by atoms with Crippen LogP contribution in [0, 0.1) is 13.8 Å². The number of aryl methyl sites for hydroxylation is 2. The molecular formula is C21H16ClN3O4. The lowest BCUT2D eigenvalue weighted by Gasteiger charge is -2.08. The molecule has 7 nitrogen and oxygen atoms in total. The second-order valence-corrected chi connectivity index (χ2v) is 6.90. The van der Waals surface area contributed by atoms with Gasteiger partial charge in [0.2, 0.25) is 0 Å². The van der Waals surface area contributed by atoms with Crippen molar-refractivity contribution in [3.8, 4) is 11.3 Å². The van der Waals surface area contributed by atoms with E-state index in [0.29, 0.717) is 33.4 Å². The van der Waals surface area contributed by atoms with Crippen LogP contribution < -0.4 is 5.56 Å². The number of benzene rings is 1. The van der Waals surface area contributed by atoms with Crippen LogP contribution >= 0.6 is 11.6 Å². The Morgan fingerprint density at radius 2 is 2.00 bits per heavy atom. The summed E-state index contributed by atoms with van der Waals surface area (Å²) >= 11 is 6.22. The van der Waals surface area contributed by atoms with Crippen molar-refractivity contribution in [1.82, 2.24) is 14.5 Å². The van der Waals surface area contributed by atoms with E-state index in [0.717, 1.165) is 5.56 Å². The molecule has 146 valence electrons. The van der Waals surface area contributed by atoms with E-state index in [1.165, 1.54) is 10.5 Å². The summed E-state index contributed by atoms with van der Waals surface area (Å²) in [5.74, 6) is -0.322. The first-order valence-corrected chi connectivity index (χ1v) is 9.19. The maximum absolute atomic E-state index is 12.7. The van der Waals surface area contributed by atoms with E-state index >= 15 is 0 Å². The number of rotatable bonds is 4. The molecule has 3 heterocycles. The van der Waals surface area contributed by atoms with Gasteiger partial charge >= 0.3 is 5.97 Å². The standard InChI is InChI=1S/C21H16ClN3O4/c1-12-6-5-9-25-17(26)10-14(23-20(12)25)11-28-21(27)18-13(2)29-24-19(18)15-7-3-4-8-16(15)22/h3-10H,11H2,1-2H3. The van der Waals surface area contributed by atoms with E-state index in [1.807, 2.05) is 13.0 Å². The second-order valence-electron chi connectivity index (χ2n) is 6.49. The molecule has 0 aliphatic carbocycles. The molecule has 0 spiro atoms. The Bertz CT molecular complexity index is 1290. The number of carbonyl (C=O) groups is 1. The van der Waals surface area contributed by atoms with E-state index in [4.69, 9.17) is 20.9 Å². The van der Waals surface area contributed by atoms with Crippen LogP contribution in [0.5, 0.6) is 0 Å². The third-order valence-electron chi connectivity index (χ3n) is 4.49. The average molecular weight is 410 g/mol. The van der Waals surface area contributed by atoms with Gasteiger partial charge in [-0.2, -0.15) is 0 Å².